The summed E-state index contributed by atoms with van der Waals surface area (Å²) in [5.41, 5.74) is 0.00991. The molecule has 1 heterocycles. The van der Waals surface area contributed by atoms with Crippen LogP contribution in [0.4, 0.5) is 0 Å². The maximum absolute atomic E-state index is 10.9. The van der Waals surface area contributed by atoms with Crippen molar-refractivity contribution in [3.63, 3.8) is 0 Å². The molecule has 1 aromatic heterocycles. The molecule has 0 saturated carbocycles. The fraction of sp³-hybridized carbons (Fsp3) is 0. The average Bonchev–Trinajstić information content (AvgIpc) is 2.16. The van der Waals surface area contributed by atoms with Gasteiger partial charge in [-0.05, 0) is 23.6 Å². The van der Waals surface area contributed by atoms with Crippen molar-refractivity contribution in [3.8, 4) is 0 Å². The molecule has 3 nitrogen and oxygen atoms in total. The lowest BCUT2D eigenvalue weighted by Crippen LogP contribution is -2.00. The van der Waals surface area contributed by atoms with Gasteiger partial charge in [-0.1, -0.05) is 27.5 Å². The van der Waals surface area contributed by atoms with Crippen molar-refractivity contribution in [1.29, 1.82) is 0 Å². The van der Waals surface area contributed by atoms with Crippen LogP contribution in [0, 0.1) is 0 Å². The van der Waals surface area contributed by atoms with Crippen LogP contribution in [-0.2, 0) is 0 Å². The molecule has 0 bridgehead atoms. The fourth-order valence-corrected chi connectivity index (χ4v) is 2.32. The molecule has 0 fully saturated rings. The minimum atomic E-state index is -1.06. The van der Waals surface area contributed by atoms with E-state index in [4.69, 9.17) is 16.7 Å². The Balaban J connectivity index is 2.91. The van der Waals surface area contributed by atoms with E-state index in [-0.39, 0.29) is 5.69 Å². The first-order chi connectivity index (χ1) is 7.09. The molecule has 0 aliphatic heterocycles. The Morgan fingerprint density at radius 2 is 2.13 bits per heavy atom. The second-order valence-corrected chi connectivity index (χ2v) is 4.24. The van der Waals surface area contributed by atoms with Crippen LogP contribution in [0.5, 0.6) is 0 Å². The van der Waals surface area contributed by atoms with E-state index in [1.165, 1.54) is 6.20 Å². The maximum Gasteiger partial charge on any atom is 0.355 e. The summed E-state index contributed by atoms with van der Waals surface area (Å²) in [6.07, 6.45) is 1.46. The largest absolute Gasteiger partial charge is 0.476 e. The minimum Gasteiger partial charge on any atom is -0.476 e. The van der Waals surface area contributed by atoms with Crippen LogP contribution in [0.3, 0.4) is 0 Å². The van der Waals surface area contributed by atoms with Gasteiger partial charge in [0.05, 0.1) is 0 Å². The van der Waals surface area contributed by atoms with Crippen LogP contribution in [0.1, 0.15) is 10.5 Å². The monoisotopic (exact) mass is 285 g/mol. The van der Waals surface area contributed by atoms with Crippen molar-refractivity contribution >= 4 is 44.3 Å². The first kappa shape index (κ1) is 10.4. The van der Waals surface area contributed by atoms with Gasteiger partial charge >= 0.3 is 5.97 Å². The van der Waals surface area contributed by atoms with Crippen LogP contribution >= 0.6 is 27.5 Å². The molecule has 0 unspecified atom stereocenters. The summed E-state index contributed by atoms with van der Waals surface area (Å²) in [6.45, 7) is 0. The van der Waals surface area contributed by atoms with Crippen LogP contribution in [0.15, 0.2) is 28.9 Å². The number of halogens is 2. The average molecular weight is 287 g/mol. The van der Waals surface area contributed by atoms with Gasteiger partial charge in [-0.15, -0.1) is 0 Å². The number of aromatic nitrogens is 1. The molecule has 1 aromatic carbocycles. The van der Waals surface area contributed by atoms with E-state index in [0.29, 0.717) is 10.4 Å². The Kier molecular flexibility index (Phi) is 2.63. The van der Waals surface area contributed by atoms with E-state index in [9.17, 15) is 4.79 Å². The van der Waals surface area contributed by atoms with Gasteiger partial charge in [0.15, 0.2) is 5.69 Å². The molecule has 0 spiro atoms. The Bertz CT molecular complexity index is 556. The van der Waals surface area contributed by atoms with Crippen molar-refractivity contribution < 1.29 is 9.90 Å². The third kappa shape index (κ3) is 1.82. The summed E-state index contributed by atoms with van der Waals surface area (Å²) in [7, 11) is 0. The molecule has 2 rings (SSSR count). The lowest BCUT2D eigenvalue weighted by Gasteiger charge is -2.04. The fourth-order valence-electron chi connectivity index (χ4n) is 1.38. The summed E-state index contributed by atoms with van der Waals surface area (Å²) in [5, 5.41) is 10.7. The highest BCUT2D eigenvalue weighted by atomic mass is 79.9. The van der Waals surface area contributed by atoms with Crippen molar-refractivity contribution in [2.24, 2.45) is 0 Å². The Morgan fingerprint density at radius 1 is 1.40 bits per heavy atom. The maximum atomic E-state index is 10.9. The molecule has 15 heavy (non-hydrogen) atoms. The van der Waals surface area contributed by atoms with E-state index >= 15 is 0 Å². The predicted molar refractivity (Wildman–Crippen MR) is 61.4 cm³/mol. The van der Waals surface area contributed by atoms with E-state index in [1.807, 2.05) is 0 Å². The van der Waals surface area contributed by atoms with Gasteiger partial charge in [0.1, 0.15) is 0 Å². The van der Waals surface area contributed by atoms with E-state index in [1.54, 1.807) is 18.2 Å². The number of benzene rings is 1. The zero-order chi connectivity index (χ0) is 11.0. The quantitative estimate of drug-likeness (QED) is 0.874. The topological polar surface area (TPSA) is 50.2 Å². The van der Waals surface area contributed by atoms with E-state index in [2.05, 4.69) is 20.9 Å². The lowest BCUT2D eigenvalue weighted by atomic mass is 10.1. The lowest BCUT2D eigenvalue weighted by molar-refractivity contribution is 0.0693. The van der Waals surface area contributed by atoms with E-state index in [0.717, 1.165) is 9.86 Å². The third-order valence-corrected chi connectivity index (χ3v) is 2.87. The molecule has 0 amide bonds. The predicted octanol–water partition coefficient (Wildman–Crippen LogP) is 3.35. The van der Waals surface area contributed by atoms with Crippen molar-refractivity contribution in [2.75, 3.05) is 0 Å². The first-order valence-corrected chi connectivity index (χ1v) is 5.24. The number of hydrogen-bond donors (Lipinski definition) is 1. The summed E-state index contributed by atoms with van der Waals surface area (Å²) < 4.78 is 0.759. The molecule has 0 aliphatic carbocycles. The van der Waals surface area contributed by atoms with E-state index < -0.39 is 5.97 Å². The number of hydrogen-bond acceptors (Lipinski definition) is 2. The molecule has 0 atom stereocenters. The minimum absolute atomic E-state index is 0.00991. The first-order valence-electron chi connectivity index (χ1n) is 4.06. The number of carbonyl (C=O) groups is 1. The molecular weight excluding hydrogens is 281 g/mol. The molecular formula is C10H5BrClNO2. The standard InChI is InChI=1S/C10H5BrClNO2/c11-8-4-5(12)3-7-6(8)1-2-13-9(7)10(14)15/h1-4H,(H,14,15). The van der Waals surface area contributed by atoms with Crippen LogP contribution in [-0.4, -0.2) is 16.1 Å². The summed E-state index contributed by atoms with van der Waals surface area (Å²) in [4.78, 5) is 14.7. The Labute approximate surface area is 98.8 Å². The number of aromatic carboxylic acids is 1. The van der Waals surface area contributed by atoms with Crippen molar-refractivity contribution in [2.45, 2.75) is 0 Å². The normalized spacial score (nSPS) is 10.5. The smallest absolute Gasteiger partial charge is 0.355 e. The molecule has 1 N–H and O–H groups in total. The Morgan fingerprint density at radius 3 is 2.80 bits per heavy atom. The van der Waals surface area contributed by atoms with Crippen LogP contribution < -0.4 is 0 Å². The molecule has 0 radical (unpaired) electrons. The van der Waals surface area contributed by atoms with Gasteiger partial charge in [-0.2, -0.15) is 0 Å². The summed E-state index contributed by atoms with van der Waals surface area (Å²) >= 11 is 9.18. The zero-order valence-electron chi connectivity index (χ0n) is 7.37. The van der Waals surface area contributed by atoms with Gasteiger partial charge in [0.25, 0.3) is 0 Å². The molecule has 0 aliphatic rings. The summed E-state index contributed by atoms with van der Waals surface area (Å²) in [6, 6.07) is 5.05. The molecule has 5 heteroatoms. The third-order valence-electron chi connectivity index (χ3n) is 2.00. The second-order valence-electron chi connectivity index (χ2n) is 2.95. The Hall–Kier alpha value is -1.13. The highest BCUT2D eigenvalue weighted by Gasteiger charge is 2.11. The number of carboxylic acids is 1. The SMILES string of the molecule is O=C(O)c1nccc2c(Br)cc(Cl)cc12. The molecule has 0 saturated heterocycles. The highest BCUT2D eigenvalue weighted by molar-refractivity contribution is 9.10. The van der Waals surface area contributed by atoms with Gasteiger partial charge < -0.3 is 5.11 Å². The zero-order valence-corrected chi connectivity index (χ0v) is 9.71. The number of fused-ring (bicyclic) bond motifs is 1. The second kappa shape index (κ2) is 3.79. The highest BCUT2D eigenvalue weighted by Crippen LogP contribution is 2.29. The van der Waals surface area contributed by atoms with Gasteiger partial charge in [-0.3, -0.25) is 0 Å². The van der Waals surface area contributed by atoms with Crippen LogP contribution in [0.2, 0.25) is 5.02 Å². The van der Waals surface area contributed by atoms with Gasteiger partial charge in [0.2, 0.25) is 0 Å². The van der Waals surface area contributed by atoms with Gasteiger partial charge in [0, 0.05) is 21.1 Å². The van der Waals surface area contributed by atoms with Gasteiger partial charge in [-0.25, -0.2) is 9.78 Å². The number of nitrogens with zero attached hydrogens (tertiary/aromatic N) is 1. The number of rotatable bonds is 1. The van der Waals surface area contributed by atoms with Crippen molar-refractivity contribution in [3.05, 3.63) is 39.6 Å². The number of carboxylic acid groups (broad SMARTS) is 1. The molecule has 76 valence electrons. The van der Waals surface area contributed by atoms with Crippen LogP contribution in [0.25, 0.3) is 10.8 Å². The van der Waals surface area contributed by atoms with Crippen molar-refractivity contribution in [1.82, 2.24) is 4.98 Å². The summed E-state index contributed by atoms with van der Waals surface area (Å²) in [5.74, 6) is -1.06. The molecule has 2 aromatic rings. The number of pyridine rings is 1.